The van der Waals surface area contributed by atoms with Crippen molar-refractivity contribution in [1.29, 1.82) is 0 Å². The minimum absolute atomic E-state index is 0.161. The van der Waals surface area contributed by atoms with Crippen LogP contribution in [0.25, 0.3) is 0 Å². The predicted molar refractivity (Wildman–Crippen MR) is 57.0 cm³/mol. The molecule has 1 rings (SSSR count). The van der Waals surface area contributed by atoms with Gasteiger partial charge in [-0.1, -0.05) is 0 Å². The van der Waals surface area contributed by atoms with Gasteiger partial charge < -0.3 is 5.11 Å². The average molecular weight is 263 g/mol. The number of hydrogen-bond acceptors (Lipinski definition) is 3. The van der Waals surface area contributed by atoms with E-state index in [1.165, 1.54) is 25.2 Å². The van der Waals surface area contributed by atoms with Crippen molar-refractivity contribution in [3.05, 3.63) is 20.8 Å². The molecule has 4 heteroatoms. The van der Waals surface area contributed by atoms with Crippen molar-refractivity contribution in [3.8, 4) is 0 Å². The Morgan fingerprint density at radius 3 is 2.69 bits per heavy atom. The minimum Gasteiger partial charge on any atom is -0.383 e. The van der Waals surface area contributed by atoms with Crippen LogP contribution in [0.4, 0.5) is 0 Å². The largest absolute Gasteiger partial charge is 0.383 e. The Bertz CT molecular complexity index is 312. The first-order chi connectivity index (χ1) is 5.91. The first-order valence-electron chi connectivity index (χ1n) is 3.89. The fourth-order valence-corrected chi connectivity index (χ4v) is 2.07. The Morgan fingerprint density at radius 1 is 1.69 bits per heavy atom. The fourth-order valence-electron chi connectivity index (χ4n) is 0.835. The average Bonchev–Trinajstić information content (AvgIpc) is 2.34. The van der Waals surface area contributed by atoms with E-state index in [0.717, 1.165) is 9.35 Å². The number of halogens is 1. The van der Waals surface area contributed by atoms with Crippen LogP contribution in [0.5, 0.6) is 0 Å². The van der Waals surface area contributed by atoms with Crippen molar-refractivity contribution >= 4 is 33.0 Å². The van der Waals surface area contributed by atoms with E-state index in [4.69, 9.17) is 0 Å². The number of aliphatic hydroxyl groups is 1. The van der Waals surface area contributed by atoms with Crippen molar-refractivity contribution in [3.63, 3.8) is 0 Å². The van der Waals surface area contributed by atoms with Crippen molar-refractivity contribution in [2.24, 2.45) is 0 Å². The molecule has 1 aromatic rings. The van der Waals surface area contributed by atoms with Gasteiger partial charge in [-0.2, -0.15) is 0 Å². The quantitative estimate of drug-likeness (QED) is 0.909. The third-order valence-electron chi connectivity index (χ3n) is 1.73. The summed E-state index contributed by atoms with van der Waals surface area (Å²) in [5, 5.41) is 11.3. The molecule has 0 fully saturated rings. The topological polar surface area (TPSA) is 37.3 Å². The first-order valence-corrected chi connectivity index (χ1v) is 5.56. The van der Waals surface area contributed by atoms with E-state index in [0.29, 0.717) is 0 Å². The van der Waals surface area contributed by atoms with E-state index in [-0.39, 0.29) is 12.2 Å². The van der Waals surface area contributed by atoms with E-state index < -0.39 is 5.60 Å². The normalized spacial score (nSPS) is 11.7. The second-order valence-corrected chi connectivity index (χ2v) is 5.61. The Balaban J connectivity index is 2.71. The van der Waals surface area contributed by atoms with E-state index in [1.54, 1.807) is 0 Å². The fraction of sp³-hybridized carbons (Fsp3) is 0.444. The molecule has 0 atom stereocenters. The number of carbonyl (C=O) groups excluding carboxylic acids is 1. The summed E-state index contributed by atoms with van der Waals surface area (Å²) in [6.45, 7) is 3.02. The second kappa shape index (κ2) is 3.90. The smallest absolute Gasteiger partial charge is 0.168 e. The van der Waals surface area contributed by atoms with E-state index in [2.05, 4.69) is 15.9 Å². The summed E-state index contributed by atoms with van der Waals surface area (Å²) in [4.78, 5) is 11.4. The van der Waals surface area contributed by atoms with Gasteiger partial charge in [0.15, 0.2) is 5.78 Å². The molecule has 2 nitrogen and oxygen atoms in total. The number of thiophene rings is 1. The molecule has 1 N–H and O–H groups in total. The highest BCUT2D eigenvalue weighted by Crippen LogP contribution is 2.24. The summed E-state index contributed by atoms with van der Waals surface area (Å²) in [6.07, 6.45) is 0.285. The van der Waals surface area contributed by atoms with Gasteiger partial charge in [0, 0.05) is 6.42 Å². The monoisotopic (exact) mass is 262 g/mol. The summed E-state index contributed by atoms with van der Waals surface area (Å²) < 4.78 is 0.963. The Kier molecular flexibility index (Phi) is 3.27. The molecule has 1 heterocycles. The van der Waals surface area contributed by atoms with Gasteiger partial charge in [-0.15, -0.1) is 11.3 Å². The molecule has 0 amide bonds. The number of carbonyl (C=O) groups is 1. The van der Waals surface area contributed by atoms with Crippen LogP contribution in [-0.4, -0.2) is 16.5 Å². The maximum atomic E-state index is 11.4. The van der Waals surface area contributed by atoms with Gasteiger partial charge in [-0.05, 0) is 46.8 Å². The van der Waals surface area contributed by atoms with Crippen LogP contribution in [0.1, 0.15) is 19.4 Å². The SMILES string of the molecule is CC(C)(O)C(=O)Cc1ccsc1Br. The third-order valence-corrected chi connectivity index (χ3v) is 3.54. The van der Waals surface area contributed by atoms with Gasteiger partial charge >= 0.3 is 0 Å². The van der Waals surface area contributed by atoms with Crippen LogP contribution in [0, 0.1) is 0 Å². The lowest BCUT2D eigenvalue weighted by molar-refractivity contribution is -0.133. The summed E-state index contributed by atoms with van der Waals surface area (Å²) in [5.41, 5.74) is -0.293. The number of ketones is 1. The highest BCUT2D eigenvalue weighted by molar-refractivity contribution is 9.11. The molecule has 0 bridgehead atoms. The predicted octanol–water partition coefficient (Wildman–Crippen LogP) is 2.39. The summed E-state index contributed by atoms with van der Waals surface area (Å²) in [5.74, 6) is -0.161. The Morgan fingerprint density at radius 2 is 2.31 bits per heavy atom. The molecular formula is C9H11BrO2S. The van der Waals surface area contributed by atoms with Crippen molar-refractivity contribution in [2.45, 2.75) is 25.9 Å². The van der Waals surface area contributed by atoms with Gasteiger partial charge in [-0.25, -0.2) is 0 Å². The molecule has 0 aromatic carbocycles. The molecule has 0 saturated carbocycles. The molecule has 1 aromatic heterocycles. The van der Waals surface area contributed by atoms with Crippen LogP contribution in [0.2, 0.25) is 0 Å². The summed E-state index contributed by atoms with van der Waals surface area (Å²) in [7, 11) is 0. The number of Topliss-reactive ketones (excluding diaryl/α,β-unsaturated/α-hetero) is 1. The highest BCUT2D eigenvalue weighted by atomic mass is 79.9. The lowest BCUT2D eigenvalue weighted by Crippen LogP contribution is -2.32. The highest BCUT2D eigenvalue weighted by Gasteiger charge is 2.24. The molecular weight excluding hydrogens is 252 g/mol. The molecule has 13 heavy (non-hydrogen) atoms. The first kappa shape index (κ1) is 10.9. The lowest BCUT2D eigenvalue weighted by atomic mass is 9.99. The molecule has 72 valence electrons. The second-order valence-electron chi connectivity index (χ2n) is 3.38. The van der Waals surface area contributed by atoms with Gasteiger partial charge in [0.2, 0.25) is 0 Å². The lowest BCUT2D eigenvalue weighted by Gasteiger charge is -2.14. The minimum atomic E-state index is -1.23. The van der Waals surface area contributed by atoms with Crippen LogP contribution >= 0.6 is 27.3 Å². The Labute approximate surface area is 89.7 Å². The third kappa shape index (κ3) is 2.90. The zero-order valence-corrected chi connectivity index (χ0v) is 9.91. The maximum absolute atomic E-state index is 11.4. The van der Waals surface area contributed by atoms with Crippen LogP contribution in [-0.2, 0) is 11.2 Å². The van der Waals surface area contributed by atoms with Crippen LogP contribution in [0.3, 0.4) is 0 Å². The van der Waals surface area contributed by atoms with E-state index >= 15 is 0 Å². The molecule has 0 aliphatic heterocycles. The zero-order chi connectivity index (χ0) is 10.1. The van der Waals surface area contributed by atoms with E-state index in [1.807, 2.05) is 11.4 Å². The van der Waals surface area contributed by atoms with Gasteiger partial charge in [0.25, 0.3) is 0 Å². The van der Waals surface area contributed by atoms with Crippen LogP contribution in [0.15, 0.2) is 15.2 Å². The molecule has 0 spiro atoms. The molecule has 0 aliphatic rings. The van der Waals surface area contributed by atoms with Crippen LogP contribution < -0.4 is 0 Å². The van der Waals surface area contributed by atoms with Gasteiger partial charge in [-0.3, -0.25) is 4.79 Å². The standard InChI is InChI=1S/C9H11BrO2S/c1-9(2,12)7(11)5-6-3-4-13-8(6)10/h3-4,12H,5H2,1-2H3. The number of rotatable bonds is 3. The van der Waals surface area contributed by atoms with Crippen molar-refractivity contribution in [1.82, 2.24) is 0 Å². The van der Waals surface area contributed by atoms with Gasteiger partial charge in [0.1, 0.15) is 5.60 Å². The number of hydrogen-bond donors (Lipinski definition) is 1. The Hall–Kier alpha value is -0.190. The summed E-state index contributed by atoms with van der Waals surface area (Å²) in [6, 6.07) is 1.89. The maximum Gasteiger partial charge on any atom is 0.168 e. The molecule has 0 saturated heterocycles. The van der Waals surface area contributed by atoms with Crippen molar-refractivity contribution in [2.75, 3.05) is 0 Å². The summed E-state index contributed by atoms with van der Waals surface area (Å²) >= 11 is 4.89. The molecule has 0 unspecified atom stereocenters. The zero-order valence-electron chi connectivity index (χ0n) is 7.50. The van der Waals surface area contributed by atoms with Gasteiger partial charge in [0.05, 0.1) is 3.79 Å². The van der Waals surface area contributed by atoms with E-state index in [9.17, 15) is 9.90 Å². The van der Waals surface area contributed by atoms with Crippen molar-refractivity contribution < 1.29 is 9.90 Å². The molecule has 0 aliphatic carbocycles. The molecule has 0 radical (unpaired) electrons.